The molecule has 0 amide bonds. The summed E-state index contributed by atoms with van der Waals surface area (Å²) in [5.74, 6) is 0. The van der Waals surface area contributed by atoms with Gasteiger partial charge in [-0.05, 0) is 18.2 Å². The Kier molecular flexibility index (Phi) is 5.36. The van der Waals surface area contributed by atoms with E-state index in [1.807, 2.05) is 36.4 Å². The summed E-state index contributed by atoms with van der Waals surface area (Å²) in [6.45, 7) is 0.547. The number of benzene rings is 1. The number of pyridine rings is 2. The first-order chi connectivity index (χ1) is 18.1. The maximum absolute atomic E-state index is 9.93. The number of hydrogen-bond acceptors (Lipinski definition) is 9. The second kappa shape index (κ2) is 8.89. The highest BCUT2D eigenvalue weighted by molar-refractivity contribution is 6.33. The summed E-state index contributed by atoms with van der Waals surface area (Å²) < 4.78 is 17.2. The predicted octanol–water partition coefficient (Wildman–Crippen LogP) is 2.83. The number of imidazole rings is 1. The fourth-order valence-corrected chi connectivity index (χ4v) is 4.93. The van der Waals surface area contributed by atoms with E-state index in [1.54, 1.807) is 24.7 Å². The molecule has 7 rings (SSSR count). The minimum absolute atomic E-state index is 0.235. The van der Waals surface area contributed by atoms with Crippen LogP contribution >= 0.6 is 11.6 Å². The van der Waals surface area contributed by atoms with Crippen LogP contribution in [0.25, 0.3) is 39.4 Å². The van der Waals surface area contributed by atoms with Crippen molar-refractivity contribution < 1.29 is 19.3 Å². The van der Waals surface area contributed by atoms with Crippen molar-refractivity contribution in [2.75, 3.05) is 13.2 Å². The predicted molar refractivity (Wildman–Crippen MR) is 132 cm³/mol. The average molecular weight is 518 g/mol. The molecule has 2 aliphatic heterocycles. The van der Waals surface area contributed by atoms with E-state index in [0.29, 0.717) is 34.5 Å². The molecule has 0 radical (unpaired) electrons. The average Bonchev–Trinajstić information content (AvgIpc) is 3.71. The third kappa shape index (κ3) is 4.02. The van der Waals surface area contributed by atoms with Gasteiger partial charge in [-0.15, -0.1) is 0 Å². The van der Waals surface area contributed by atoms with Gasteiger partial charge in [-0.1, -0.05) is 35.9 Å². The number of halogens is 1. The van der Waals surface area contributed by atoms with Gasteiger partial charge in [0.05, 0.1) is 53.7 Å². The number of H-pyrrole nitrogens is 1. The monoisotopic (exact) mass is 517 g/mol. The highest BCUT2D eigenvalue weighted by Crippen LogP contribution is 2.33. The summed E-state index contributed by atoms with van der Waals surface area (Å²) in [4.78, 5) is 18.3. The second-order valence-electron chi connectivity index (χ2n) is 8.85. The zero-order valence-electron chi connectivity index (χ0n) is 19.2. The molecule has 186 valence electrons. The summed E-state index contributed by atoms with van der Waals surface area (Å²) in [5, 5.41) is 18.6. The zero-order valence-corrected chi connectivity index (χ0v) is 20.0. The van der Waals surface area contributed by atoms with Crippen molar-refractivity contribution in [1.82, 2.24) is 34.9 Å². The van der Waals surface area contributed by atoms with Crippen LogP contribution < -0.4 is 4.74 Å². The maximum Gasteiger partial charge on any atom is 0.296 e. The van der Waals surface area contributed by atoms with E-state index in [-0.39, 0.29) is 24.9 Å². The number of ether oxygens (including phenoxy) is 3. The topological polar surface area (TPSA) is 133 Å². The van der Waals surface area contributed by atoms with Gasteiger partial charge in [-0.25, -0.2) is 4.98 Å². The summed E-state index contributed by atoms with van der Waals surface area (Å²) in [7, 11) is 0. The number of nitrogens with zero attached hydrogens (tertiary/aromatic N) is 6. The molecule has 0 spiro atoms. The van der Waals surface area contributed by atoms with E-state index < -0.39 is 6.10 Å². The Balaban J connectivity index is 1.11. The van der Waals surface area contributed by atoms with Crippen molar-refractivity contribution in [3.8, 4) is 34.2 Å². The van der Waals surface area contributed by atoms with Gasteiger partial charge in [0.2, 0.25) is 0 Å². The zero-order chi connectivity index (χ0) is 24.9. The number of nitrogens with one attached hydrogen (secondary N) is 1. The van der Waals surface area contributed by atoms with Gasteiger partial charge in [0.1, 0.15) is 24.0 Å². The highest BCUT2D eigenvalue weighted by Gasteiger charge is 2.48. The number of aliphatic hydroxyl groups is 1. The molecule has 2 aliphatic rings. The van der Waals surface area contributed by atoms with Crippen molar-refractivity contribution in [2.45, 2.75) is 24.4 Å². The molecule has 2 fully saturated rings. The summed E-state index contributed by atoms with van der Waals surface area (Å²) >= 11 is 6.58. The number of rotatable bonds is 5. The van der Waals surface area contributed by atoms with E-state index in [1.165, 1.54) is 4.80 Å². The lowest BCUT2D eigenvalue weighted by molar-refractivity contribution is 0.00706. The molecule has 0 aliphatic carbocycles. The molecular formula is C25H20ClN7O4. The van der Waals surface area contributed by atoms with Gasteiger partial charge in [-0.3, -0.25) is 4.98 Å². The molecule has 12 heteroatoms. The molecule has 0 unspecified atom stereocenters. The lowest BCUT2D eigenvalue weighted by atomic mass is 10.1. The van der Waals surface area contributed by atoms with Crippen LogP contribution in [0.1, 0.15) is 0 Å². The summed E-state index contributed by atoms with van der Waals surface area (Å²) in [6, 6.07) is 13.7. The van der Waals surface area contributed by atoms with Crippen LogP contribution in [0.15, 0.2) is 61.1 Å². The molecule has 1 aromatic carbocycles. The lowest BCUT2D eigenvalue weighted by Gasteiger charge is -2.15. The summed E-state index contributed by atoms with van der Waals surface area (Å²) in [5.41, 5.74) is 5.14. The third-order valence-corrected chi connectivity index (χ3v) is 6.79. The number of aromatic nitrogens is 7. The van der Waals surface area contributed by atoms with Gasteiger partial charge in [0.15, 0.2) is 11.8 Å². The SMILES string of the molecule is O[C@@H]1CO[C@H]2[C@@H]1OC[C@H]2Oc1nc2nc(-c3ccc(-c4ccc(-n5nccn5)cn4)cc3)c(Cl)cc2[nH]1. The third-order valence-electron chi connectivity index (χ3n) is 6.50. The van der Waals surface area contributed by atoms with Crippen LogP contribution in [0, 0.1) is 0 Å². The molecule has 2 saturated heterocycles. The number of aliphatic hydroxyl groups excluding tert-OH is 1. The molecule has 2 N–H and O–H groups in total. The molecule has 6 heterocycles. The van der Waals surface area contributed by atoms with Crippen LogP contribution in [0.3, 0.4) is 0 Å². The van der Waals surface area contributed by atoms with Crippen molar-refractivity contribution in [1.29, 1.82) is 0 Å². The fraction of sp³-hybridized carbons (Fsp3) is 0.240. The van der Waals surface area contributed by atoms with Crippen LogP contribution in [-0.2, 0) is 9.47 Å². The van der Waals surface area contributed by atoms with Crippen LogP contribution in [-0.4, -0.2) is 77.7 Å². The lowest BCUT2D eigenvalue weighted by Crippen LogP contribution is -2.34. The number of fused-ring (bicyclic) bond motifs is 2. The van der Waals surface area contributed by atoms with Crippen molar-refractivity contribution in [2.24, 2.45) is 0 Å². The van der Waals surface area contributed by atoms with Crippen LogP contribution in [0.4, 0.5) is 0 Å². The first-order valence-electron chi connectivity index (χ1n) is 11.7. The van der Waals surface area contributed by atoms with E-state index in [9.17, 15) is 5.11 Å². The second-order valence-corrected chi connectivity index (χ2v) is 9.26. The van der Waals surface area contributed by atoms with Gasteiger partial charge in [0, 0.05) is 11.1 Å². The molecule has 0 saturated carbocycles. The Labute approximate surface area is 215 Å². The van der Waals surface area contributed by atoms with Crippen molar-refractivity contribution >= 4 is 22.8 Å². The van der Waals surface area contributed by atoms with Crippen molar-refractivity contribution in [3.63, 3.8) is 0 Å². The maximum atomic E-state index is 9.93. The Morgan fingerprint density at radius 3 is 2.54 bits per heavy atom. The van der Waals surface area contributed by atoms with E-state index >= 15 is 0 Å². The van der Waals surface area contributed by atoms with Gasteiger partial charge < -0.3 is 24.3 Å². The van der Waals surface area contributed by atoms with Crippen LogP contribution in [0.2, 0.25) is 5.02 Å². The van der Waals surface area contributed by atoms with Gasteiger partial charge in [-0.2, -0.15) is 20.0 Å². The van der Waals surface area contributed by atoms with E-state index in [0.717, 1.165) is 22.5 Å². The smallest absolute Gasteiger partial charge is 0.296 e. The molecule has 0 bridgehead atoms. The van der Waals surface area contributed by atoms with Gasteiger partial charge >= 0.3 is 0 Å². The molecular weight excluding hydrogens is 498 g/mol. The largest absolute Gasteiger partial charge is 0.456 e. The quantitative estimate of drug-likeness (QED) is 0.361. The Bertz CT molecular complexity index is 1560. The van der Waals surface area contributed by atoms with Crippen molar-refractivity contribution in [3.05, 3.63) is 66.1 Å². The first kappa shape index (κ1) is 22.3. The summed E-state index contributed by atoms with van der Waals surface area (Å²) in [6.07, 6.45) is 3.25. The minimum atomic E-state index is -0.641. The van der Waals surface area contributed by atoms with E-state index in [4.69, 9.17) is 25.8 Å². The molecule has 11 nitrogen and oxygen atoms in total. The molecule has 4 aromatic heterocycles. The minimum Gasteiger partial charge on any atom is -0.456 e. The molecule has 4 atom stereocenters. The number of hydrogen-bond donors (Lipinski definition) is 2. The normalized spacial score (nSPS) is 23.0. The van der Waals surface area contributed by atoms with Gasteiger partial charge in [0.25, 0.3) is 6.01 Å². The highest BCUT2D eigenvalue weighted by atomic mass is 35.5. The molecule has 37 heavy (non-hydrogen) atoms. The van der Waals surface area contributed by atoms with Crippen LogP contribution in [0.5, 0.6) is 6.01 Å². The fourth-order valence-electron chi connectivity index (χ4n) is 4.67. The standard InChI is InChI=1S/C25H20ClN7O4/c26-16-9-18-24(32-25(30-18)37-20-12-36-22-19(34)11-35-23(20)22)31-21(16)14-3-1-13(2-4-14)17-6-5-15(10-27-17)33-28-7-8-29-33/h1-10,19-20,22-23,34H,11-12H2,(H,30,31,32)/t19-,20-,22-,23-/m1/s1. The Hall–Kier alpha value is -3.90. The Morgan fingerprint density at radius 2 is 1.76 bits per heavy atom. The van der Waals surface area contributed by atoms with E-state index in [2.05, 4.69) is 30.1 Å². The molecule has 5 aromatic rings. The first-order valence-corrected chi connectivity index (χ1v) is 12.1. The number of aromatic amines is 1. The Morgan fingerprint density at radius 1 is 0.973 bits per heavy atom.